The lowest BCUT2D eigenvalue weighted by molar-refractivity contribution is 0.320. The molecule has 0 spiro atoms. The van der Waals surface area contributed by atoms with E-state index < -0.39 is 0 Å². The van der Waals surface area contributed by atoms with Crippen molar-refractivity contribution in [1.29, 1.82) is 0 Å². The molecule has 0 aliphatic heterocycles. The topological polar surface area (TPSA) is 28.2 Å². The molecule has 1 fully saturated rings. The normalized spacial score (nSPS) is 22.8. The van der Waals surface area contributed by atoms with Crippen LogP contribution in [-0.4, -0.2) is 24.6 Å². The van der Waals surface area contributed by atoms with Gasteiger partial charge in [-0.3, -0.25) is 0 Å². The van der Waals surface area contributed by atoms with Crippen LogP contribution in [0.1, 0.15) is 45.1 Å². The van der Waals surface area contributed by atoms with Gasteiger partial charge in [-0.25, -0.2) is 9.37 Å². The fourth-order valence-electron chi connectivity index (χ4n) is 3.21. The van der Waals surface area contributed by atoms with Crippen molar-refractivity contribution in [3.8, 4) is 0 Å². The molecule has 3 nitrogen and oxygen atoms in total. The van der Waals surface area contributed by atoms with Crippen LogP contribution in [0.4, 0.5) is 10.2 Å². The molecular formula is C16H26FN3. The van der Waals surface area contributed by atoms with E-state index in [0.29, 0.717) is 18.5 Å². The lowest BCUT2D eigenvalue weighted by Crippen LogP contribution is -2.40. The number of hydrogen-bond donors (Lipinski definition) is 1. The lowest BCUT2D eigenvalue weighted by Gasteiger charge is -2.37. The van der Waals surface area contributed by atoms with Gasteiger partial charge in [-0.2, -0.15) is 0 Å². The van der Waals surface area contributed by atoms with E-state index in [0.717, 1.165) is 17.9 Å². The second kappa shape index (κ2) is 7.02. The maximum atomic E-state index is 13.4. The van der Waals surface area contributed by atoms with Crippen molar-refractivity contribution in [2.75, 3.05) is 18.5 Å². The van der Waals surface area contributed by atoms with Gasteiger partial charge in [0, 0.05) is 25.2 Å². The first-order valence-corrected chi connectivity index (χ1v) is 7.71. The van der Waals surface area contributed by atoms with Crippen molar-refractivity contribution in [2.45, 2.75) is 52.1 Å². The number of nitrogens with zero attached hydrogens (tertiary/aromatic N) is 2. The molecule has 1 heterocycles. The summed E-state index contributed by atoms with van der Waals surface area (Å²) in [6.07, 6.45) is 6.42. The summed E-state index contributed by atoms with van der Waals surface area (Å²) in [6, 6.07) is 2.12. The van der Waals surface area contributed by atoms with Gasteiger partial charge in [-0.1, -0.05) is 26.7 Å². The van der Waals surface area contributed by atoms with Crippen LogP contribution in [-0.2, 0) is 6.54 Å². The number of halogens is 1. The van der Waals surface area contributed by atoms with Crippen LogP contribution in [0.3, 0.4) is 0 Å². The predicted molar refractivity (Wildman–Crippen MR) is 81.4 cm³/mol. The van der Waals surface area contributed by atoms with E-state index >= 15 is 0 Å². The Bertz CT molecular complexity index is 436. The zero-order valence-electron chi connectivity index (χ0n) is 12.8. The third-order valence-electron chi connectivity index (χ3n) is 4.37. The van der Waals surface area contributed by atoms with E-state index in [-0.39, 0.29) is 5.82 Å². The molecule has 4 heteroatoms. The van der Waals surface area contributed by atoms with Crippen LogP contribution in [0.15, 0.2) is 12.3 Å². The summed E-state index contributed by atoms with van der Waals surface area (Å²) in [5.41, 5.74) is 0.951. The fourth-order valence-corrected chi connectivity index (χ4v) is 3.21. The highest BCUT2D eigenvalue weighted by Crippen LogP contribution is 2.31. The standard InChI is InChI=1S/C16H26FN3/c1-4-18-10-13-9-14(17)11-19-16(13)20(3)15-8-6-5-7-12(15)2/h9,11-12,15,18H,4-8,10H2,1-3H3. The number of rotatable bonds is 5. The minimum Gasteiger partial charge on any atom is -0.356 e. The Morgan fingerprint density at radius 1 is 1.40 bits per heavy atom. The lowest BCUT2D eigenvalue weighted by atomic mass is 9.85. The molecule has 1 aliphatic rings. The summed E-state index contributed by atoms with van der Waals surface area (Å²) in [7, 11) is 2.10. The summed E-state index contributed by atoms with van der Waals surface area (Å²) in [5.74, 6) is 1.34. The van der Waals surface area contributed by atoms with Crippen LogP contribution in [0, 0.1) is 11.7 Å². The zero-order chi connectivity index (χ0) is 14.5. The second-order valence-electron chi connectivity index (χ2n) is 5.86. The average Bonchev–Trinajstić information content (AvgIpc) is 2.45. The molecule has 0 bridgehead atoms. The van der Waals surface area contributed by atoms with Gasteiger partial charge in [0.25, 0.3) is 0 Å². The van der Waals surface area contributed by atoms with Crippen molar-refractivity contribution in [3.05, 3.63) is 23.6 Å². The summed E-state index contributed by atoms with van der Waals surface area (Å²) in [5, 5.41) is 3.27. The van der Waals surface area contributed by atoms with E-state index in [2.05, 4.69) is 36.1 Å². The molecule has 0 radical (unpaired) electrons. The molecule has 1 N–H and O–H groups in total. The van der Waals surface area contributed by atoms with Gasteiger partial charge in [0.15, 0.2) is 0 Å². The van der Waals surface area contributed by atoms with Crippen molar-refractivity contribution in [2.24, 2.45) is 5.92 Å². The molecule has 0 amide bonds. The Balaban J connectivity index is 2.21. The largest absolute Gasteiger partial charge is 0.356 e. The Kier molecular flexibility index (Phi) is 5.35. The molecule has 1 saturated carbocycles. The molecule has 2 atom stereocenters. The van der Waals surface area contributed by atoms with E-state index in [4.69, 9.17) is 0 Å². The summed E-state index contributed by atoms with van der Waals surface area (Å²) >= 11 is 0. The smallest absolute Gasteiger partial charge is 0.141 e. The molecular weight excluding hydrogens is 253 g/mol. The van der Waals surface area contributed by atoms with Crippen LogP contribution in [0.25, 0.3) is 0 Å². The fraction of sp³-hybridized carbons (Fsp3) is 0.688. The van der Waals surface area contributed by atoms with Crippen LogP contribution in [0.2, 0.25) is 0 Å². The maximum Gasteiger partial charge on any atom is 0.141 e. The number of anilines is 1. The van der Waals surface area contributed by atoms with Gasteiger partial charge >= 0.3 is 0 Å². The highest BCUT2D eigenvalue weighted by molar-refractivity contribution is 5.47. The number of aromatic nitrogens is 1. The third-order valence-corrected chi connectivity index (χ3v) is 4.37. The van der Waals surface area contributed by atoms with Gasteiger partial charge in [-0.05, 0) is 31.4 Å². The van der Waals surface area contributed by atoms with Gasteiger partial charge in [-0.15, -0.1) is 0 Å². The van der Waals surface area contributed by atoms with Gasteiger partial charge in [0.05, 0.1) is 6.20 Å². The van der Waals surface area contributed by atoms with E-state index in [1.54, 1.807) is 6.07 Å². The molecule has 0 saturated heterocycles. The predicted octanol–water partition coefficient (Wildman–Crippen LogP) is 3.35. The van der Waals surface area contributed by atoms with Crippen molar-refractivity contribution < 1.29 is 4.39 Å². The second-order valence-corrected chi connectivity index (χ2v) is 5.86. The number of pyridine rings is 1. The third kappa shape index (κ3) is 3.48. The summed E-state index contributed by atoms with van der Waals surface area (Å²) in [6.45, 7) is 5.91. The number of nitrogens with one attached hydrogen (secondary N) is 1. The van der Waals surface area contributed by atoms with Gasteiger partial charge in [0.1, 0.15) is 11.6 Å². The average molecular weight is 279 g/mol. The van der Waals surface area contributed by atoms with E-state index in [1.807, 2.05) is 0 Å². The quantitative estimate of drug-likeness (QED) is 0.896. The highest BCUT2D eigenvalue weighted by Gasteiger charge is 2.27. The van der Waals surface area contributed by atoms with E-state index in [1.165, 1.54) is 31.9 Å². The number of hydrogen-bond acceptors (Lipinski definition) is 3. The van der Waals surface area contributed by atoms with Gasteiger partial charge < -0.3 is 10.2 Å². The summed E-state index contributed by atoms with van der Waals surface area (Å²) in [4.78, 5) is 6.61. The van der Waals surface area contributed by atoms with E-state index in [9.17, 15) is 4.39 Å². The Labute approximate surface area is 121 Å². The molecule has 20 heavy (non-hydrogen) atoms. The highest BCUT2D eigenvalue weighted by atomic mass is 19.1. The van der Waals surface area contributed by atoms with Crippen molar-refractivity contribution in [3.63, 3.8) is 0 Å². The zero-order valence-corrected chi connectivity index (χ0v) is 12.8. The first-order chi connectivity index (χ1) is 9.63. The molecule has 2 unspecified atom stereocenters. The summed E-state index contributed by atoms with van der Waals surface area (Å²) < 4.78 is 13.4. The van der Waals surface area contributed by atoms with Crippen molar-refractivity contribution in [1.82, 2.24) is 10.3 Å². The first kappa shape index (κ1) is 15.2. The molecule has 1 aliphatic carbocycles. The van der Waals surface area contributed by atoms with Crippen molar-refractivity contribution >= 4 is 5.82 Å². The Morgan fingerprint density at radius 2 is 2.15 bits per heavy atom. The molecule has 0 aromatic carbocycles. The Hall–Kier alpha value is -1.16. The minimum absolute atomic E-state index is 0.258. The monoisotopic (exact) mass is 279 g/mol. The van der Waals surface area contributed by atoms with Gasteiger partial charge in [0.2, 0.25) is 0 Å². The van der Waals surface area contributed by atoms with Crippen LogP contribution >= 0.6 is 0 Å². The molecule has 112 valence electrons. The Morgan fingerprint density at radius 3 is 2.85 bits per heavy atom. The first-order valence-electron chi connectivity index (χ1n) is 7.71. The molecule has 2 rings (SSSR count). The van der Waals surface area contributed by atoms with Crippen LogP contribution in [0.5, 0.6) is 0 Å². The SMILES string of the molecule is CCNCc1cc(F)cnc1N(C)C1CCCCC1C. The molecule has 1 aromatic rings. The molecule has 1 aromatic heterocycles. The minimum atomic E-state index is -0.258. The van der Waals surface area contributed by atoms with Crippen LogP contribution < -0.4 is 10.2 Å². The maximum absolute atomic E-state index is 13.4.